The van der Waals surface area contributed by atoms with E-state index in [4.69, 9.17) is 9.26 Å². The first-order valence-corrected chi connectivity index (χ1v) is 6.90. The van der Waals surface area contributed by atoms with Gasteiger partial charge in [0.05, 0.1) is 7.11 Å². The van der Waals surface area contributed by atoms with Crippen LogP contribution < -0.4 is 4.74 Å². The van der Waals surface area contributed by atoms with E-state index in [2.05, 4.69) is 10.1 Å². The minimum absolute atomic E-state index is 0.117. The summed E-state index contributed by atoms with van der Waals surface area (Å²) in [6.07, 6.45) is 1.23. The highest BCUT2D eigenvalue weighted by atomic mass is 16.5. The van der Waals surface area contributed by atoms with Crippen LogP contribution in [0.5, 0.6) is 5.75 Å². The van der Waals surface area contributed by atoms with Gasteiger partial charge in [0.25, 0.3) is 0 Å². The summed E-state index contributed by atoms with van der Waals surface area (Å²) in [6, 6.07) is 7.57. The summed E-state index contributed by atoms with van der Waals surface area (Å²) in [5.74, 6) is 2.03. The lowest BCUT2D eigenvalue weighted by Gasteiger charge is -2.22. The Balaban J connectivity index is 1.79. The van der Waals surface area contributed by atoms with Crippen molar-refractivity contribution >= 4 is 5.91 Å². The van der Waals surface area contributed by atoms with Crippen molar-refractivity contribution in [3.8, 4) is 5.75 Å². The van der Waals surface area contributed by atoms with Gasteiger partial charge in [-0.05, 0) is 31.0 Å². The lowest BCUT2D eigenvalue weighted by Crippen LogP contribution is -2.27. The SMILES string of the molecule is COc1ccc(CN2C(=O)CCC2c2nc(C)no2)cc1. The summed E-state index contributed by atoms with van der Waals surface area (Å²) in [5, 5.41) is 3.81. The molecule has 21 heavy (non-hydrogen) atoms. The number of aryl methyl sites for hydroxylation is 1. The highest BCUT2D eigenvalue weighted by molar-refractivity contribution is 5.78. The monoisotopic (exact) mass is 287 g/mol. The maximum atomic E-state index is 12.1. The second-order valence-corrected chi connectivity index (χ2v) is 5.10. The second-order valence-electron chi connectivity index (χ2n) is 5.10. The normalized spacial score (nSPS) is 18.3. The van der Waals surface area contributed by atoms with Crippen LogP contribution in [0.4, 0.5) is 0 Å². The van der Waals surface area contributed by atoms with Crippen LogP contribution in [0.1, 0.15) is 36.2 Å². The molecule has 1 amide bonds. The molecular formula is C15H17N3O3. The third-order valence-electron chi connectivity index (χ3n) is 3.67. The molecule has 1 aromatic carbocycles. The number of nitrogens with zero attached hydrogens (tertiary/aromatic N) is 3. The van der Waals surface area contributed by atoms with E-state index in [9.17, 15) is 4.79 Å². The molecule has 6 nitrogen and oxygen atoms in total. The number of rotatable bonds is 4. The fourth-order valence-corrected chi connectivity index (χ4v) is 2.56. The van der Waals surface area contributed by atoms with Crippen LogP contribution in [-0.4, -0.2) is 28.1 Å². The molecule has 0 radical (unpaired) electrons. The zero-order valence-corrected chi connectivity index (χ0v) is 12.1. The Hall–Kier alpha value is -2.37. The smallest absolute Gasteiger partial charge is 0.249 e. The summed E-state index contributed by atoms with van der Waals surface area (Å²) < 4.78 is 10.4. The highest BCUT2D eigenvalue weighted by Gasteiger charge is 2.35. The molecule has 110 valence electrons. The van der Waals surface area contributed by atoms with Crippen LogP contribution in [0.25, 0.3) is 0 Å². The molecule has 0 bridgehead atoms. The number of likely N-dealkylation sites (tertiary alicyclic amines) is 1. The van der Waals surface area contributed by atoms with E-state index in [1.54, 1.807) is 18.9 Å². The zero-order chi connectivity index (χ0) is 14.8. The number of aromatic nitrogens is 2. The van der Waals surface area contributed by atoms with E-state index >= 15 is 0 Å². The molecule has 0 spiro atoms. The molecule has 1 unspecified atom stereocenters. The van der Waals surface area contributed by atoms with Crippen molar-refractivity contribution in [1.29, 1.82) is 0 Å². The molecule has 2 heterocycles. The average Bonchev–Trinajstić information content (AvgIpc) is 3.07. The van der Waals surface area contributed by atoms with Gasteiger partial charge in [0, 0.05) is 13.0 Å². The van der Waals surface area contributed by atoms with Crippen molar-refractivity contribution in [1.82, 2.24) is 15.0 Å². The Labute approximate surface area is 122 Å². The van der Waals surface area contributed by atoms with Crippen molar-refractivity contribution in [3.05, 3.63) is 41.5 Å². The largest absolute Gasteiger partial charge is 0.497 e. The van der Waals surface area contributed by atoms with Gasteiger partial charge in [0.1, 0.15) is 11.8 Å². The summed E-state index contributed by atoms with van der Waals surface area (Å²) in [6.45, 7) is 2.31. The van der Waals surface area contributed by atoms with Gasteiger partial charge in [-0.3, -0.25) is 4.79 Å². The van der Waals surface area contributed by atoms with Gasteiger partial charge in [-0.1, -0.05) is 17.3 Å². The molecule has 3 rings (SSSR count). The van der Waals surface area contributed by atoms with Gasteiger partial charge in [0.2, 0.25) is 11.8 Å². The number of hydrogen-bond donors (Lipinski definition) is 0. The number of benzene rings is 1. The second kappa shape index (κ2) is 5.55. The van der Waals surface area contributed by atoms with Crippen LogP contribution in [0.15, 0.2) is 28.8 Å². The maximum absolute atomic E-state index is 12.1. The number of hydrogen-bond acceptors (Lipinski definition) is 5. The molecule has 2 aromatic rings. The predicted octanol–water partition coefficient (Wildman–Crippen LogP) is 2.25. The number of methoxy groups -OCH3 is 1. The Bertz CT molecular complexity index is 636. The summed E-state index contributed by atoms with van der Waals surface area (Å²) in [7, 11) is 1.63. The lowest BCUT2D eigenvalue weighted by atomic mass is 10.1. The van der Waals surface area contributed by atoms with Crippen LogP contribution in [0.3, 0.4) is 0 Å². The van der Waals surface area contributed by atoms with Gasteiger partial charge in [-0.2, -0.15) is 4.98 Å². The molecular weight excluding hydrogens is 270 g/mol. The quantitative estimate of drug-likeness (QED) is 0.862. The van der Waals surface area contributed by atoms with Gasteiger partial charge in [-0.25, -0.2) is 0 Å². The highest BCUT2D eigenvalue weighted by Crippen LogP contribution is 2.33. The third-order valence-corrected chi connectivity index (χ3v) is 3.67. The maximum Gasteiger partial charge on any atom is 0.249 e. The standard InChI is InChI=1S/C15H17N3O3/c1-10-16-15(21-17-10)13-7-8-14(19)18(13)9-11-3-5-12(20-2)6-4-11/h3-6,13H,7-9H2,1-2H3. The fourth-order valence-electron chi connectivity index (χ4n) is 2.56. The van der Waals surface area contributed by atoms with Crippen molar-refractivity contribution in [2.24, 2.45) is 0 Å². The van der Waals surface area contributed by atoms with Crippen LogP contribution >= 0.6 is 0 Å². The van der Waals surface area contributed by atoms with Crippen molar-refractivity contribution in [3.63, 3.8) is 0 Å². The van der Waals surface area contributed by atoms with Crippen molar-refractivity contribution < 1.29 is 14.1 Å². The molecule has 1 saturated heterocycles. The van der Waals surface area contributed by atoms with Gasteiger partial charge in [0.15, 0.2) is 5.82 Å². The molecule has 6 heteroatoms. The summed E-state index contributed by atoms with van der Waals surface area (Å²) in [4.78, 5) is 18.2. The molecule has 1 aromatic heterocycles. The Morgan fingerprint density at radius 3 is 2.76 bits per heavy atom. The van der Waals surface area contributed by atoms with E-state index < -0.39 is 0 Å². The van der Waals surface area contributed by atoms with Gasteiger partial charge < -0.3 is 14.2 Å². The molecule has 0 aliphatic carbocycles. The third kappa shape index (κ3) is 2.74. The van der Waals surface area contributed by atoms with Crippen LogP contribution in [0.2, 0.25) is 0 Å². The molecule has 1 fully saturated rings. The number of ether oxygens (including phenoxy) is 1. The molecule has 1 aliphatic heterocycles. The first-order valence-electron chi connectivity index (χ1n) is 6.90. The molecule has 0 saturated carbocycles. The topological polar surface area (TPSA) is 68.5 Å². The average molecular weight is 287 g/mol. The fraction of sp³-hybridized carbons (Fsp3) is 0.400. The number of amides is 1. The number of carbonyl (C=O) groups is 1. The molecule has 0 N–H and O–H groups in total. The van der Waals surface area contributed by atoms with Crippen LogP contribution in [-0.2, 0) is 11.3 Å². The number of carbonyl (C=O) groups excluding carboxylic acids is 1. The Morgan fingerprint density at radius 2 is 2.14 bits per heavy atom. The van der Waals surface area contributed by atoms with Gasteiger partial charge >= 0.3 is 0 Å². The summed E-state index contributed by atoms with van der Waals surface area (Å²) in [5.41, 5.74) is 1.05. The predicted molar refractivity (Wildman–Crippen MR) is 74.6 cm³/mol. The van der Waals surface area contributed by atoms with E-state index in [0.29, 0.717) is 24.7 Å². The van der Waals surface area contributed by atoms with E-state index in [0.717, 1.165) is 17.7 Å². The Kier molecular flexibility index (Phi) is 3.60. The zero-order valence-electron chi connectivity index (χ0n) is 12.1. The first-order chi connectivity index (χ1) is 10.2. The minimum atomic E-state index is -0.124. The molecule has 1 atom stereocenters. The first kappa shape index (κ1) is 13.6. The van der Waals surface area contributed by atoms with Crippen LogP contribution in [0, 0.1) is 6.92 Å². The minimum Gasteiger partial charge on any atom is -0.497 e. The van der Waals surface area contributed by atoms with E-state index in [-0.39, 0.29) is 11.9 Å². The van der Waals surface area contributed by atoms with E-state index in [1.165, 1.54) is 0 Å². The lowest BCUT2D eigenvalue weighted by molar-refractivity contribution is -0.129. The summed E-state index contributed by atoms with van der Waals surface area (Å²) >= 11 is 0. The van der Waals surface area contributed by atoms with E-state index in [1.807, 2.05) is 24.3 Å². The molecule has 1 aliphatic rings. The van der Waals surface area contributed by atoms with Gasteiger partial charge in [-0.15, -0.1) is 0 Å². The van der Waals surface area contributed by atoms with Crippen molar-refractivity contribution in [2.75, 3.05) is 7.11 Å². The Morgan fingerprint density at radius 1 is 1.38 bits per heavy atom. The van der Waals surface area contributed by atoms with Crippen molar-refractivity contribution in [2.45, 2.75) is 32.4 Å².